The number of carbonyl (C=O) groups excluding carboxylic acids is 1. The highest BCUT2D eigenvalue weighted by Gasteiger charge is 2.13. The second-order valence-corrected chi connectivity index (χ2v) is 4.09. The van der Waals surface area contributed by atoms with Crippen LogP contribution in [0.3, 0.4) is 0 Å². The Kier molecular flexibility index (Phi) is 2.99. The summed E-state index contributed by atoms with van der Waals surface area (Å²) in [6, 6.07) is 5.32. The Labute approximate surface area is 98.2 Å². The number of aromatic amines is 2. The van der Waals surface area contributed by atoms with Gasteiger partial charge in [-0.15, -0.1) is 0 Å². The minimum absolute atomic E-state index is 0.114. The first-order valence-electron chi connectivity index (χ1n) is 5.63. The Morgan fingerprint density at radius 3 is 2.88 bits per heavy atom. The van der Waals surface area contributed by atoms with Crippen molar-refractivity contribution in [1.29, 1.82) is 0 Å². The number of benzene rings is 1. The normalized spacial score (nSPS) is 12.6. The van der Waals surface area contributed by atoms with Crippen LogP contribution < -0.4 is 11.0 Å². The summed E-state index contributed by atoms with van der Waals surface area (Å²) in [5, 5.41) is 2.87. The third kappa shape index (κ3) is 2.22. The van der Waals surface area contributed by atoms with Crippen LogP contribution in [0.1, 0.15) is 30.6 Å². The molecular formula is C12H15N3O2. The van der Waals surface area contributed by atoms with Gasteiger partial charge >= 0.3 is 5.69 Å². The SMILES string of the molecule is CCC(C)NC(=O)c1cccc2[nH]c(=O)[nH]c12. The number of hydrogen-bond donors (Lipinski definition) is 3. The lowest BCUT2D eigenvalue weighted by Gasteiger charge is -2.11. The van der Waals surface area contributed by atoms with Gasteiger partial charge in [0.25, 0.3) is 5.91 Å². The standard InChI is InChI=1S/C12H15N3O2/c1-3-7(2)13-11(16)8-5-4-6-9-10(8)15-12(17)14-9/h4-7H,3H2,1-2H3,(H,13,16)(H2,14,15,17). The van der Waals surface area contributed by atoms with E-state index in [4.69, 9.17) is 0 Å². The van der Waals surface area contributed by atoms with Crippen molar-refractivity contribution in [2.24, 2.45) is 0 Å². The molecule has 2 rings (SSSR count). The minimum Gasteiger partial charge on any atom is -0.350 e. The van der Waals surface area contributed by atoms with Gasteiger partial charge in [0.15, 0.2) is 0 Å². The van der Waals surface area contributed by atoms with E-state index in [1.54, 1.807) is 18.2 Å². The van der Waals surface area contributed by atoms with Gasteiger partial charge in [-0.3, -0.25) is 4.79 Å². The van der Waals surface area contributed by atoms with Crippen LogP contribution in [0.4, 0.5) is 0 Å². The van der Waals surface area contributed by atoms with E-state index in [-0.39, 0.29) is 17.6 Å². The molecule has 1 unspecified atom stereocenters. The number of para-hydroxylation sites is 1. The summed E-state index contributed by atoms with van der Waals surface area (Å²) < 4.78 is 0. The maximum atomic E-state index is 12.0. The third-order valence-electron chi connectivity index (χ3n) is 2.79. The van der Waals surface area contributed by atoms with Crippen LogP contribution >= 0.6 is 0 Å². The number of amides is 1. The second-order valence-electron chi connectivity index (χ2n) is 4.09. The second kappa shape index (κ2) is 4.45. The van der Waals surface area contributed by atoms with E-state index >= 15 is 0 Å². The van der Waals surface area contributed by atoms with Crippen LogP contribution in [-0.2, 0) is 0 Å². The summed E-state index contributed by atoms with van der Waals surface area (Å²) in [4.78, 5) is 28.4. The topological polar surface area (TPSA) is 77.8 Å². The summed E-state index contributed by atoms with van der Waals surface area (Å²) in [6.07, 6.45) is 0.866. The molecule has 0 fully saturated rings. The molecule has 17 heavy (non-hydrogen) atoms. The molecule has 1 heterocycles. The number of aromatic nitrogens is 2. The van der Waals surface area contributed by atoms with Gasteiger partial charge in [0, 0.05) is 6.04 Å². The zero-order valence-electron chi connectivity index (χ0n) is 9.83. The molecule has 0 aliphatic heterocycles. The van der Waals surface area contributed by atoms with Crippen molar-refractivity contribution in [3.05, 3.63) is 34.2 Å². The van der Waals surface area contributed by atoms with Gasteiger partial charge in [-0.1, -0.05) is 13.0 Å². The lowest BCUT2D eigenvalue weighted by molar-refractivity contribution is 0.0941. The first kappa shape index (κ1) is 11.4. The average Bonchev–Trinajstić information content (AvgIpc) is 2.68. The molecule has 90 valence electrons. The monoisotopic (exact) mass is 233 g/mol. The maximum absolute atomic E-state index is 12.0. The Morgan fingerprint density at radius 2 is 2.18 bits per heavy atom. The van der Waals surface area contributed by atoms with Crippen LogP contribution in [-0.4, -0.2) is 21.9 Å². The molecule has 1 aromatic heterocycles. The molecule has 0 radical (unpaired) electrons. The highest BCUT2D eigenvalue weighted by Crippen LogP contribution is 2.13. The third-order valence-corrected chi connectivity index (χ3v) is 2.79. The number of carbonyl (C=O) groups is 1. The fourth-order valence-corrected chi connectivity index (χ4v) is 1.65. The lowest BCUT2D eigenvalue weighted by Crippen LogP contribution is -2.32. The molecule has 3 N–H and O–H groups in total. The molecule has 0 bridgehead atoms. The quantitative estimate of drug-likeness (QED) is 0.749. The van der Waals surface area contributed by atoms with E-state index in [2.05, 4.69) is 15.3 Å². The van der Waals surface area contributed by atoms with E-state index in [0.717, 1.165) is 6.42 Å². The van der Waals surface area contributed by atoms with Gasteiger partial charge in [-0.25, -0.2) is 4.79 Å². The van der Waals surface area contributed by atoms with Crippen molar-refractivity contribution in [2.75, 3.05) is 0 Å². The van der Waals surface area contributed by atoms with Gasteiger partial charge in [-0.2, -0.15) is 0 Å². The van der Waals surface area contributed by atoms with Crippen LogP contribution in [0.15, 0.2) is 23.0 Å². The molecule has 5 nitrogen and oxygen atoms in total. The molecule has 1 aromatic carbocycles. The van der Waals surface area contributed by atoms with Gasteiger partial charge in [0.2, 0.25) is 0 Å². The Morgan fingerprint density at radius 1 is 1.41 bits per heavy atom. The van der Waals surface area contributed by atoms with Crippen molar-refractivity contribution >= 4 is 16.9 Å². The van der Waals surface area contributed by atoms with Gasteiger partial charge in [0.1, 0.15) is 0 Å². The first-order chi connectivity index (χ1) is 8.11. The maximum Gasteiger partial charge on any atom is 0.323 e. The van der Waals surface area contributed by atoms with Crippen molar-refractivity contribution in [2.45, 2.75) is 26.3 Å². The molecule has 5 heteroatoms. The average molecular weight is 233 g/mol. The van der Waals surface area contributed by atoms with E-state index in [9.17, 15) is 9.59 Å². The fraction of sp³-hybridized carbons (Fsp3) is 0.333. The highest BCUT2D eigenvalue weighted by atomic mass is 16.2. The molecule has 1 atom stereocenters. The number of hydrogen-bond acceptors (Lipinski definition) is 2. The van der Waals surface area contributed by atoms with Crippen molar-refractivity contribution in [3.63, 3.8) is 0 Å². The van der Waals surface area contributed by atoms with E-state index in [0.29, 0.717) is 16.6 Å². The van der Waals surface area contributed by atoms with Gasteiger partial charge in [-0.05, 0) is 25.5 Å². The highest BCUT2D eigenvalue weighted by molar-refractivity contribution is 6.04. The largest absolute Gasteiger partial charge is 0.350 e. The van der Waals surface area contributed by atoms with E-state index in [1.165, 1.54) is 0 Å². The molecule has 0 saturated carbocycles. The zero-order valence-corrected chi connectivity index (χ0v) is 9.83. The van der Waals surface area contributed by atoms with E-state index < -0.39 is 0 Å². The summed E-state index contributed by atoms with van der Waals surface area (Å²) in [5.74, 6) is -0.166. The van der Waals surface area contributed by atoms with Gasteiger partial charge < -0.3 is 15.3 Å². The first-order valence-corrected chi connectivity index (χ1v) is 5.63. The molecule has 1 amide bonds. The molecule has 0 saturated heterocycles. The minimum atomic E-state index is -0.302. The predicted octanol–water partition coefficient (Wildman–Crippen LogP) is 1.38. The zero-order chi connectivity index (χ0) is 12.4. The fourth-order valence-electron chi connectivity index (χ4n) is 1.65. The molecular weight excluding hydrogens is 218 g/mol. The Bertz CT molecular complexity index is 597. The Hall–Kier alpha value is -2.04. The van der Waals surface area contributed by atoms with Crippen LogP contribution in [0.25, 0.3) is 11.0 Å². The lowest BCUT2D eigenvalue weighted by atomic mass is 10.1. The number of rotatable bonds is 3. The summed E-state index contributed by atoms with van der Waals surface area (Å²) in [7, 11) is 0. The predicted molar refractivity (Wildman–Crippen MR) is 66.1 cm³/mol. The number of H-pyrrole nitrogens is 2. The molecule has 2 aromatic rings. The summed E-state index contributed by atoms with van der Waals surface area (Å²) >= 11 is 0. The van der Waals surface area contributed by atoms with E-state index in [1.807, 2.05) is 13.8 Å². The summed E-state index contributed by atoms with van der Waals surface area (Å²) in [6.45, 7) is 3.95. The number of nitrogens with one attached hydrogen (secondary N) is 3. The van der Waals surface area contributed by atoms with Crippen LogP contribution in [0, 0.1) is 0 Å². The number of fused-ring (bicyclic) bond motifs is 1. The summed E-state index contributed by atoms with van der Waals surface area (Å²) in [5.41, 5.74) is 1.38. The van der Waals surface area contributed by atoms with Crippen LogP contribution in [0.5, 0.6) is 0 Å². The molecule has 0 aliphatic rings. The molecule has 0 spiro atoms. The Balaban J connectivity index is 2.41. The van der Waals surface area contributed by atoms with Crippen molar-refractivity contribution in [3.8, 4) is 0 Å². The molecule has 0 aliphatic carbocycles. The van der Waals surface area contributed by atoms with Crippen molar-refractivity contribution < 1.29 is 4.79 Å². The van der Waals surface area contributed by atoms with Gasteiger partial charge in [0.05, 0.1) is 16.6 Å². The number of imidazole rings is 1. The van der Waals surface area contributed by atoms with Crippen molar-refractivity contribution in [1.82, 2.24) is 15.3 Å². The smallest absolute Gasteiger partial charge is 0.323 e. The van der Waals surface area contributed by atoms with Crippen LogP contribution in [0.2, 0.25) is 0 Å².